The van der Waals surface area contributed by atoms with Gasteiger partial charge in [0, 0.05) is 56.1 Å². The summed E-state index contributed by atoms with van der Waals surface area (Å²) in [5.41, 5.74) is 0. The molecule has 6 nitrogen and oxygen atoms in total. The van der Waals surface area contributed by atoms with E-state index in [0.29, 0.717) is 36.9 Å². The summed E-state index contributed by atoms with van der Waals surface area (Å²) in [6, 6.07) is 1.48. The first-order valence-corrected chi connectivity index (χ1v) is 12.7. The summed E-state index contributed by atoms with van der Waals surface area (Å²) < 4.78 is 14.4. The van der Waals surface area contributed by atoms with Crippen molar-refractivity contribution in [2.24, 2.45) is 11.8 Å². The molecule has 2 amide bonds. The summed E-state index contributed by atoms with van der Waals surface area (Å²) in [5, 5.41) is 6.80. The normalized spacial score (nSPS) is 45.4. The van der Waals surface area contributed by atoms with Gasteiger partial charge in [0.25, 0.3) is 0 Å². The van der Waals surface area contributed by atoms with Crippen LogP contribution < -0.4 is 10.6 Å². The van der Waals surface area contributed by atoms with Crippen molar-refractivity contribution in [3.8, 4) is 0 Å². The van der Waals surface area contributed by atoms with Gasteiger partial charge >= 0.3 is 0 Å². The Bertz CT molecular complexity index is 687. The van der Waals surface area contributed by atoms with Gasteiger partial charge in [0.05, 0.1) is 6.04 Å². The molecule has 3 aliphatic heterocycles. The van der Waals surface area contributed by atoms with Crippen LogP contribution in [-0.2, 0) is 9.59 Å². The minimum atomic E-state index is -0.769. The Morgan fingerprint density at radius 2 is 1.81 bits per heavy atom. The molecule has 31 heavy (non-hydrogen) atoms. The van der Waals surface area contributed by atoms with E-state index in [2.05, 4.69) is 27.4 Å². The molecule has 3 heterocycles. The molecular formula is C24H39FN4O2. The average molecular weight is 435 g/mol. The van der Waals surface area contributed by atoms with Crippen molar-refractivity contribution in [3.63, 3.8) is 0 Å². The van der Waals surface area contributed by atoms with Crippen molar-refractivity contribution >= 4 is 11.8 Å². The molecule has 2 aliphatic carbocycles. The summed E-state index contributed by atoms with van der Waals surface area (Å²) in [7, 11) is 0. The van der Waals surface area contributed by atoms with Crippen LogP contribution >= 0.6 is 0 Å². The zero-order valence-corrected chi connectivity index (χ0v) is 19.1. The molecule has 7 heteroatoms. The smallest absolute Gasteiger partial charge is 0.237 e. The Kier molecular flexibility index (Phi) is 6.01. The molecule has 0 spiro atoms. The quantitative estimate of drug-likeness (QED) is 0.715. The predicted molar refractivity (Wildman–Crippen MR) is 117 cm³/mol. The number of nitrogens with zero attached hydrogens (tertiary/aromatic N) is 2. The number of halogens is 1. The molecule has 0 aromatic heterocycles. The lowest BCUT2D eigenvalue weighted by atomic mass is 9.77. The molecule has 5 rings (SSSR count). The maximum atomic E-state index is 14.4. The van der Waals surface area contributed by atoms with E-state index >= 15 is 0 Å². The van der Waals surface area contributed by atoms with Crippen LogP contribution in [0, 0.1) is 11.8 Å². The first-order chi connectivity index (χ1) is 14.9. The van der Waals surface area contributed by atoms with Gasteiger partial charge < -0.3 is 15.5 Å². The third kappa shape index (κ3) is 4.01. The highest BCUT2D eigenvalue weighted by Gasteiger charge is 2.48. The number of hydrogen-bond donors (Lipinski definition) is 2. The van der Waals surface area contributed by atoms with Gasteiger partial charge in [0.2, 0.25) is 11.8 Å². The summed E-state index contributed by atoms with van der Waals surface area (Å²) in [4.78, 5) is 29.7. The van der Waals surface area contributed by atoms with Crippen LogP contribution in [-0.4, -0.2) is 77.1 Å². The Labute approximate surface area is 185 Å². The van der Waals surface area contributed by atoms with E-state index in [4.69, 9.17) is 0 Å². The van der Waals surface area contributed by atoms with Crippen molar-refractivity contribution in [1.82, 2.24) is 20.4 Å². The van der Waals surface area contributed by atoms with Gasteiger partial charge in [0.1, 0.15) is 6.17 Å². The fraction of sp³-hybridized carbons (Fsp3) is 0.917. The maximum Gasteiger partial charge on any atom is 0.237 e. The minimum absolute atomic E-state index is 0.00766. The lowest BCUT2D eigenvalue weighted by Crippen LogP contribution is -2.52. The molecule has 0 aromatic carbocycles. The van der Waals surface area contributed by atoms with Crippen LogP contribution in [0.25, 0.3) is 0 Å². The summed E-state index contributed by atoms with van der Waals surface area (Å²) in [6.45, 7) is 5.82. The van der Waals surface area contributed by atoms with Crippen LogP contribution in [0.3, 0.4) is 0 Å². The Hall–Kier alpha value is -1.21. The van der Waals surface area contributed by atoms with Crippen LogP contribution in [0.2, 0.25) is 0 Å². The van der Waals surface area contributed by atoms with E-state index in [-0.39, 0.29) is 35.9 Å². The molecule has 3 saturated heterocycles. The molecule has 5 aliphatic rings. The number of likely N-dealkylation sites (tertiary alicyclic amines) is 2. The number of hydrogen-bond acceptors (Lipinski definition) is 4. The Morgan fingerprint density at radius 1 is 1.00 bits per heavy atom. The Balaban J connectivity index is 1.16. The van der Waals surface area contributed by atoms with E-state index in [1.54, 1.807) is 6.92 Å². The fourth-order valence-electron chi connectivity index (χ4n) is 7.56. The zero-order valence-electron chi connectivity index (χ0n) is 19.1. The van der Waals surface area contributed by atoms with Gasteiger partial charge in [0.15, 0.2) is 0 Å². The van der Waals surface area contributed by atoms with Crippen molar-refractivity contribution < 1.29 is 14.0 Å². The van der Waals surface area contributed by atoms with Gasteiger partial charge in [-0.1, -0.05) is 6.92 Å². The first-order valence-electron chi connectivity index (χ1n) is 12.7. The second-order valence-electron chi connectivity index (χ2n) is 10.9. The van der Waals surface area contributed by atoms with E-state index in [9.17, 15) is 14.0 Å². The first kappa shape index (κ1) is 21.6. The number of carbonyl (C=O) groups is 2. The summed E-state index contributed by atoms with van der Waals surface area (Å²) in [6.07, 6.45) is 7.92. The highest BCUT2D eigenvalue weighted by atomic mass is 19.1. The molecule has 9 atom stereocenters. The number of rotatable bonds is 3. The second kappa shape index (κ2) is 8.62. The molecule has 0 radical (unpaired) electrons. The molecule has 174 valence electrons. The molecule has 0 aromatic rings. The third-order valence-electron chi connectivity index (χ3n) is 9.14. The SMILES string of the molecule is CC(=O)N1CC[C@@H]2[C@H]1CCN2[C@@H]1CCC[C@@H](NC(=O)C2CC3C(F)CCC(C)C3N2)C1. The summed E-state index contributed by atoms with van der Waals surface area (Å²) in [5.74, 6) is 0.713. The number of alkyl halides is 1. The maximum absolute atomic E-state index is 14.4. The largest absolute Gasteiger partial charge is 0.352 e. The lowest BCUT2D eigenvalue weighted by Gasteiger charge is -2.38. The third-order valence-corrected chi connectivity index (χ3v) is 9.14. The van der Waals surface area contributed by atoms with Crippen LogP contribution in [0.5, 0.6) is 0 Å². The summed E-state index contributed by atoms with van der Waals surface area (Å²) >= 11 is 0. The van der Waals surface area contributed by atoms with E-state index in [0.717, 1.165) is 51.6 Å². The van der Waals surface area contributed by atoms with Crippen molar-refractivity contribution in [2.75, 3.05) is 13.1 Å². The molecular weight excluding hydrogens is 395 g/mol. The monoisotopic (exact) mass is 434 g/mol. The lowest BCUT2D eigenvalue weighted by molar-refractivity contribution is -0.129. The van der Waals surface area contributed by atoms with Crippen LogP contribution in [0.1, 0.15) is 71.6 Å². The highest BCUT2D eigenvalue weighted by molar-refractivity contribution is 5.82. The van der Waals surface area contributed by atoms with Crippen molar-refractivity contribution in [1.29, 1.82) is 0 Å². The molecule has 5 fully saturated rings. The number of carbonyl (C=O) groups excluding carboxylic acids is 2. The van der Waals surface area contributed by atoms with Gasteiger partial charge in [-0.25, -0.2) is 4.39 Å². The van der Waals surface area contributed by atoms with E-state index in [1.165, 1.54) is 6.42 Å². The van der Waals surface area contributed by atoms with Gasteiger partial charge in [-0.15, -0.1) is 0 Å². The molecule has 2 N–H and O–H groups in total. The van der Waals surface area contributed by atoms with E-state index < -0.39 is 6.17 Å². The molecule has 0 bridgehead atoms. The molecule has 5 unspecified atom stereocenters. The van der Waals surface area contributed by atoms with Crippen LogP contribution in [0.15, 0.2) is 0 Å². The highest BCUT2D eigenvalue weighted by Crippen LogP contribution is 2.39. The predicted octanol–water partition coefficient (Wildman–Crippen LogP) is 2.22. The van der Waals surface area contributed by atoms with Crippen molar-refractivity contribution in [3.05, 3.63) is 0 Å². The number of amides is 2. The van der Waals surface area contributed by atoms with Gasteiger partial charge in [-0.2, -0.15) is 0 Å². The second-order valence-corrected chi connectivity index (χ2v) is 10.9. The Morgan fingerprint density at radius 3 is 2.58 bits per heavy atom. The topological polar surface area (TPSA) is 64.7 Å². The zero-order chi connectivity index (χ0) is 21.7. The van der Waals surface area contributed by atoms with E-state index in [1.807, 2.05) is 0 Å². The molecule has 2 saturated carbocycles. The minimum Gasteiger partial charge on any atom is -0.352 e. The van der Waals surface area contributed by atoms with Gasteiger partial charge in [-0.05, 0) is 63.7 Å². The fourth-order valence-corrected chi connectivity index (χ4v) is 7.56. The standard InChI is InChI=1S/C24H39FN4O2/c1-14-6-7-19(25)18-13-20(27-23(14)18)24(31)26-16-4-3-5-17(12-16)29-11-9-21-22(29)8-10-28(21)15(2)30/h14,16-23,27H,3-13H2,1-2H3,(H,26,31)/t14?,16-,17-,18?,19?,20?,21-,22-,23?/m1/s1. The van der Waals surface area contributed by atoms with Gasteiger partial charge in [-0.3, -0.25) is 14.5 Å². The average Bonchev–Trinajstić information content (AvgIpc) is 3.45. The number of nitrogens with one attached hydrogen (secondary N) is 2. The van der Waals surface area contributed by atoms with Crippen LogP contribution in [0.4, 0.5) is 4.39 Å². The number of fused-ring (bicyclic) bond motifs is 2. The van der Waals surface area contributed by atoms with Crippen molar-refractivity contribution in [2.45, 2.75) is 114 Å².